The number of hydrogen-bond donors (Lipinski definition) is 1. The first-order chi connectivity index (χ1) is 13.6. The SMILES string of the molecule is COc1cc(C)c(S(=O)(=O)Nc2ccc3c(c2)N(C(=O)C(C)C)CCC3)cc1C. The summed E-state index contributed by atoms with van der Waals surface area (Å²) in [5.74, 6) is 0.580. The molecule has 1 heterocycles. The van der Waals surface area contributed by atoms with Crippen molar-refractivity contribution in [1.82, 2.24) is 0 Å². The van der Waals surface area contributed by atoms with Gasteiger partial charge in [0.1, 0.15) is 5.75 Å². The van der Waals surface area contributed by atoms with Gasteiger partial charge in [-0.25, -0.2) is 8.42 Å². The first-order valence-electron chi connectivity index (χ1n) is 9.76. The fourth-order valence-corrected chi connectivity index (χ4v) is 5.02. The van der Waals surface area contributed by atoms with Crippen molar-refractivity contribution in [3.63, 3.8) is 0 Å². The van der Waals surface area contributed by atoms with Gasteiger partial charge >= 0.3 is 0 Å². The first-order valence-corrected chi connectivity index (χ1v) is 11.2. The minimum absolute atomic E-state index is 0.0487. The molecule has 0 aliphatic carbocycles. The van der Waals surface area contributed by atoms with Crippen molar-refractivity contribution in [2.24, 2.45) is 5.92 Å². The van der Waals surface area contributed by atoms with Gasteiger partial charge in [0.15, 0.2) is 0 Å². The predicted octanol–water partition coefficient (Wildman–Crippen LogP) is 4.05. The van der Waals surface area contributed by atoms with Gasteiger partial charge in [0.05, 0.1) is 17.7 Å². The van der Waals surface area contributed by atoms with Crippen LogP contribution in [-0.4, -0.2) is 28.0 Å². The van der Waals surface area contributed by atoms with Gasteiger partial charge in [-0.15, -0.1) is 0 Å². The van der Waals surface area contributed by atoms with E-state index in [1.807, 2.05) is 26.8 Å². The second-order valence-electron chi connectivity index (χ2n) is 7.78. The van der Waals surface area contributed by atoms with Crippen LogP contribution in [0.25, 0.3) is 0 Å². The Labute approximate surface area is 172 Å². The molecule has 156 valence electrons. The summed E-state index contributed by atoms with van der Waals surface area (Å²) in [6, 6.07) is 8.76. The number of hydrogen-bond acceptors (Lipinski definition) is 4. The molecule has 29 heavy (non-hydrogen) atoms. The number of nitrogens with one attached hydrogen (secondary N) is 1. The number of methoxy groups -OCH3 is 1. The summed E-state index contributed by atoms with van der Waals surface area (Å²) in [7, 11) is -2.22. The van der Waals surface area contributed by atoms with Crippen molar-refractivity contribution < 1.29 is 17.9 Å². The molecule has 0 spiro atoms. The first kappa shape index (κ1) is 21.2. The van der Waals surface area contributed by atoms with E-state index >= 15 is 0 Å². The van der Waals surface area contributed by atoms with Crippen LogP contribution in [0.2, 0.25) is 0 Å². The number of aryl methyl sites for hydroxylation is 3. The van der Waals surface area contributed by atoms with E-state index in [0.29, 0.717) is 23.5 Å². The Morgan fingerprint density at radius 3 is 2.52 bits per heavy atom. The van der Waals surface area contributed by atoms with Gasteiger partial charge in [0, 0.05) is 18.2 Å². The van der Waals surface area contributed by atoms with Crippen LogP contribution in [0.4, 0.5) is 11.4 Å². The van der Waals surface area contributed by atoms with Crippen molar-refractivity contribution in [3.8, 4) is 5.75 Å². The van der Waals surface area contributed by atoms with Crippen LogP contribution in [0.15, 0.2) is 35.2 Å². The molecule has 1 amide bonds. The van der Waals surface area contributed by atoms with E-state index < -0.39 is 10.0 Å². The normalized spacial score (nSPS) is 13.9. The van der Waals surface area contributed by atoms with Crippen LogP contribution in [0, 0.1) is 19.8 Å². The van der Waals surface area contributed by atoms with Crippen LogP contribution in [0.1, 0.15) is 37.0 Å². The van der Waals surface area contributed by atoms with E-state index in [-0.39, 0.29) is 16.7 Å². The van der Waals surface area contributed by atoms with Gasteiger partial charge in [-0.2, -0.15) is 0 Å². The number of amides is 1. The topological polar surface area (TPSA) is 75.7 Å². The Morgan fingerprint density at radius 2 is 1.86 bits per heavy atom. The maximum atomic E-state index is 13.0. The van der Waals surface area contributed by atoms with Gasteiger partial charge in [0.25, 0.3) is 10.0 Å². The van der Waals surface area contributed by atoms with Crippen molar-refractivity contribution >= 4 is 27.3 Å². The Balaban J connectivity index is 1.96. The summed E-state index contributed by atoms with van der Waals surface area (Å²) < 4.78 is 34.0. The zero-order valence-electron chi connectivity index (χ0n) is 17.6. The number of carbonyl (C=O) groups is 1. The summed E-state index contributed by atoms with van der Waals surface area (Å²) >= 11 is 0. The third-order valence-corrected chi connectivity index (χ3v) is 6.72. The van der Waals surface area contributed by atoms with Crippen LogP contribution < -0.4 is 14.4 Å². The summed E-state index contributed by atoms with van der Waals surface area (Å²) in [5.41, 5.74) is 3.65. The molecule has 0 atom stereocenters. The maximum absolute atomic E-state index is 13.0. The second-order valence-corrected chi connectivity index (χ2v) is 9.44. The molecule has 1 N–H and O–H groups in total. The third kappa shape index (κ3) is 4.24. The highest BCUT2D eigenvalue weighted by Gasteiger charge is 2.26. The van der Waals surface area contributed by atoms with E-state index in [9.17, 15) is 13.2 Å². The standard InChI is InChI=1S/C22H28N2O4S/c1-14(2)22(25)24-10-6-7-17-8-9-18(13-19(17)24)23-29(26,27)21-12-15(3)20(28-5)11-16(21)4/h8-9,11-14,23H,6-7,10H2,1-5H3. The van der Waals surface area contributed by atoms with Gasteiger partial charge in [-0.3, -0.25) is 9.52 Å². The maximum Gasteiger partial charge on any atom is 0.262 e. The molecule has 7 heteroatoms. The number of nitrogens with zero attached hydrogens (tertiary/aromatic N) is 1. The minimum atomic E-state index is -3.78. The molecule has 0 saturated carbocycles. The summed E-state index contributed by atoms with van der Waals surface area (Å²) in [4.78, 5) is 14.6. The molecular weight excluding hydrogens is 388 g/mol. The number of sulfonamides is 1. The fraction of sp³-hybridized carbons (Fsp3) is 0.409. The highest BCUT2D eigenvalue weighted by atomic mass is 32.2. The molecular formula is C22H28N2O4S. The average Bonchev–Trinajstić information content (AvgIpc) is 2.67. The van der Waals surface area contributed by atoms with Crippen LogP contribution >= 0.6 is 0 Å². The molecule has 2 aromatic rings. The zero-order chi connectivity index (χ0) is 21.3. The van der Waals surface area contributed by atoms with E-state index in [1.54, 1.807) is 43.2 Å². The minimum Gasteiger partial charge on any atom is -0.496 e. The van der Waals surface area contributed by atoms with E-state index in [0.717, 1.165) is 29.7 Å². The van der Waals surface area contributed by atoms with Crippen LogP contribution in [0.3, 0.4) is 0 Å². The number of carbonyl (C=O) groups excluding carboxylic acids is 1. The molecule has 0 radical (unpaired) electrons. The average molecular weight is 417 g/mol. The third-order valence-electron chi connectivity index (χ3n) is 5.20. The molecule has 3 rings (SSSR count). The summed E-state index contributed by atoms with van der Waals surface area (Å²) in [5, 5.41) is 0. The van der Waals surface area contributed by atoms with E-state index in [1.165, 1.54) is 0 Å². The van der Waals surface area contributed by atoms with Gasteiger partial charge in [-0.05, 0) is 67.6 Å². The molecule has 0 aromatic heterocycles. The Hall–Kier alpha value is -2.54. The number of ether oxygens (including phenoxy) is 1. The quantitative estimate of drug-likeness (QED) is 0.798. The van der Waals surface area contributed by atoms with Gasteiger partial charge in [-0.1, -0.05) is 19.9 Å². The predicted molar refractivity (Wildman–Crippen MR) is 115 cm³/mol. The lowest BCUT2D eigenvalue weighted by Gasteiger charge is -2.31. The zero-order valence-corrected chi connectivity index (χ0v) is 18.4. The van der Waals surface area contributed by atoms with Gasteiger partial charge in [0.2, 0.25) is 5.91 Å². The number of fused-ring (bicyclic) bond motifs is 1. The summed E-state index contributed by atoms with van der Waals surface area (Å²) in [6.45, 7) is 7.95. The lowest BCUT2D eigenvalue weighted by atomic mass is 9.99. The molecule has 0 fully saturated rings. The Kier molecular flexibility index (Phi) is 5.89. The van der Waals surface area contributed by atoms with Crippen molar-refractivity contribution in [2.45, 2.75) is 45.4 Å². The lowest BCUT2D eigenvalue weighted by molar-refractivity contribution is -0.121. The molecule has 0 unspecified atom stereocenters. The molecule has 0 bridgehead atoms. The number of rotatable bonds is 5. The fourth-order valence-electron chi connectivity index (χ4n) is 3.66. The number of benzene rings is 2. The van der Waals surface area contributed by atoms with Crippen molar-refractivity contribution in [3.05, 3.63) is 47.0 Å². The molecule has 0 saturated heterocycles. The smallest absolute Gasteiger partial charge is 0.262 e. The summed E-state index contributed by atoms with van der Waals surface area (Å²) in [6.07, 6.45) is 1.78. The van der Waals surface area contributed by atoms with Crippen molar-refractivity contribution in [2.75, 3.05) is 23.3 Å². The van der Waals surface area contributed by atoms with Crippen molar-refractivity contribution in [1.29, 1.82) is 0 Å². The van der Waals surface area contributed by atoms with Crippen LogP contribution in [0.5, 0.6) is 5.75 Å². The highest BCUT2D eigenvalue weighted by Crippen LogP contribution is 2.33. The molecule has 6 nitrogen and oxygen atoms in total. The van der Waals surface area contributed by atoms with E-state index in [4.69, 9.17) is 4.74 Å². The van der Waals surface area contributed by atoms with Crippen LogP contribution in [-0.2, 0) is 21.2 Å². The lowest BCUT2D eigenvalue weighted by Crippen LogP contribution is -2.38. The Morgan fingerprint density at radius 1 is 1.14 bits per heavy atom. The molecule has 2 aromatic carbocycles. The molecule has 1 aliphatic rings. The molecule has 1 aliphatic heterocycles. The second kappa shape index (κ2) is 8.06. The monoisotopic (exact) mass is 416 g/mol. The number of anilines is 2. The Bertz CT molecular complexity index is 1050. The highest BCUT2D eigenvalue weighted by molar-refractivity contribution is 7.92. The van der Waals surface area contributed by atoms with Gasteiger partial charge < -0.3 is 9.64 Å². The van der Waals surface area contributed by atoms with E-state index in [2.05, 4.69) is 4.72 Å². The largest absolute Gasteiger partial charge is 0.496 e.